The van der Waals surface area contributed by atoms with Crippen LogP contribution in [0.5, 0.6) is 0 Å². The van der Waals surface area contributed by atoms with Crippen molar-refractivity contribution in [1.29, 1.82) is 0 Å². The van der Waals surface area contributed by atoms with Gasteiger partial charge in [0, 0.05) is 16.2 Å². The molecule has 0 aliphatic carbocycles. The van der Waals surface area contributed by atoms with Gasteiger partial charge in [-0.3, -0.25) is 0 Å². The highest BCUT2D eigenvalue weighted by Crippen LogP contribution is 2.46. The van der Waals surface area contributed by atoms with E-state index in [0.717, 1.165) is 0 Å². The number of furan rings is 1. The van der Waals surface area contributed by atoms with Gasteiger partial charge < -0.3 is 4.42 Å². The zero-order valence-electron chi connectivity index (χ0n) is 51.4. The number of hydrogen-bond acceptors (Lipinski definition) is 1. The van der Waals surface area contributed by atoms with Crippen LogP contribution in [0.2, 0.25) is 0 Å². The maximum atomic E-state index is 9.68. The Bertz CT molecular complexity index is 4330. The summed E-state index contributed by atoms with van der Waals surface area (Å²) < 4.78 is 258. The van der Waals surface area contributed by atoms with Crippen LogP contribution in [0.15, 0.2) is 174 Å². The van der Waals surface area contributed by atoms with E-state index in [9.17, 15) is 13.7 Å². The Morgan fingerprint density at radius 1 is 0.340 bits per heavy atom. The van der Waals surface area contributed by atoms with Crippen molar-refractivity contribution in [1.82, 2.24) is 0 Å². The highest BCUT2D eigenvalue weighted by atomic mass is 16.3. The minimum absolute atomic E-state index is 0.427. The van der Waals surface area contributed by atoms with Gasteiger partial charge in [0.25, 0.3) is 0 Å². The van der Waals surface area contributed by atoms with Gasteiger partial charge in [0.15, 0.2) is 0 Å². The van der Waals surface area contributed by atoms with E-state index in [1.807, 2.05) is 0 Å². The number of hydrogen-bond donors (Lipinski definition) is 0. The summed E-state index contributed by atoms with van der Waals surface area (Å²) in [4.78, 5) is 0. The maximum Gasteiger partial charge on any atom is 0.143 e. The Hall–Kier alpha value is -6.18. The number of rotatable bonds is 3. The zero-order valence-corrected chi connectivity index (χ0v) is 23.4. The van der Waals surface area contributed by atoms with Crippen LogP contribution < -0.4 is 0 Å². The van der Waals surface area contributed by atoms with Gasteiger partial charge >= 0.3 is 0 Å². The van der Waals surface area contributed by atoms with Gasteiger partial charge in [-0.05, 0) is 83.2 Å². The molecule has 0 spiro atoms. The summed E-state index contributed by atoms with van der Waals surface area (Å²) in [5.41, 5.74) is -5.69. The first-order valence-electron chi connectivity index (χ1n) is 27.9. The van der Waals surface area contributed by atoms with Gasteiger partial charge in [-0.1, -0.05) is 157 Å². The molecule has 0 saturated heterocycles. The van der Waals surface area contributed by atoms with E-state index < -0.39 is 268 Å². The monoisotopic (exact) mass is 624 g/mol. The topological polar surface area (TPSA) is 13.1 Å². The van der Waals surface area contributed by atoms with Crippen LogP contribution in [0, 0.1) is 0 Å². The molecular weight excluding hydrogens is 569 g/mol. The highest BCUT2D eigenvalue weighted by molar-refractivity contribution is 6.24. The van der Waals surface area contributed by atoms with Gasteiger partial charge in [0.2, 0.25) is 0 Å². The fraction of sp³-hybridized carbons (Fsp3) is 0. The Kier molecular flexibility index (Phi) is 2.31. The van der Waals surface area contributed by atoms with Crippen molar-refractivity contribution >= 4 is 65.0 Å². The summed E-state index contributed by atoms with van der Waals surface area (Å²) in [6.45, 7) is 0. The van der Waals surface area contributed by atoms with Gasteiger partial charge in [0.1, 0.15) is 11.2 Å². The van der Waals surface area contributed by atoms with E-state index in [1.165, 1.54) is 0 Å². The molecule has 1 heterocycles. The third kappa shape index (κ3) is 3.90. The lowest BCUT2D eigenvalue weighted by Gasteiger charge is -2.19. The lowest BCUT2D eigenvalue weighted by molar-refractivity contribution is 0.673. The summed E-state index contributed by atoms with van der Waals surface area (Å²) in [5.74, 6) is 0. The molecule has 0 saturated carbocycles. The first-order chi connectivity index (χ1) is 35.0. The van der Waals surface area contributed by atoms with Crippen LogP contribution in [0.4, 0.5) is 0 Å². The van der Waals surface area contributed by atoms with Crippen LogP contribution in [-0.2, 0) is 0 Å². The first kappa shape index (κ1) is 10.7. The zero-order chi connectivity index (χ0) is 55.3. The third-order valence-electron chi connectivity index (χ3n) is 7.81. The number of fused-ring (bicyclic) bond motifs is 8. The smallest absolute Gasteiger partial charge is 0.143 e. The van der Waals surface area contributed by atoms with E-state index in [0.29, 0.717) is 0 Å². The maximum absolute atomic E-state index is 9.68. The minimum atomic E-state index is -1.11. The van der Waals surface area contributed by atoms with Crippen LogP contribution in [-0.4, -0.2) is 0 Å². The van der Waals surface area contributed by atoms with Crippen LogP contribution in [0.3, 0.4) is 0 Å². The Balaban J connectivity index is 1.46. The SMILES string of the molecule is [2H]c1c([2H])c(-c2c([2H])c([2H])c([2H])c3oc4c5c([2H])c([2H])c([2H])c([2H])c5c([2H])c([2H])c4c23)c([2H])c([2H])c1-c1c2c([2H])c([2H])c([2H])c([2H])c2c(-c2c([2H])c([2H])c([2H])c3c([2H])c([2H])c([2H])c([2H])c23)c2c([2H])c([2H])c([2H])c([2H])c12. The van der Waals surface area contributed by atoms with E-state index in [1.54, 1.807) is 0 Å². The largest absolute Gasteiger partial charge is 0.455 e. The van der Waals surface area contributed by atoms with Crippen molar-refractivity contribution in [2.24, 2.45) is 0 Å². The molecule has 0 atom stereocenters. The Labute approximate surface area is 311 Å². The normalized spacial score (nSPS) is 20.2. The molecule has 0 bridgehead atoms. The van der Waals surface area contributed by atoms with Crippen molar-refractivity contribution in [3.05, 3.63) is 169 Å². The predicted octanol–water partition coefficient (Wildman–Crippen LogP) is 13.2. The van der Waals surface area contributed by atoms with Crippen molar-refractivity contribution < 1.29 is 42.8 Å². The molecule has 10 rings (SSSR count). The minimum Gasteiger partial charge on any atom is -0.455 e. The summed E-state index contributed by atoms with van der Waals surface area (Å²) in [6, 6.07) is -25.9. The van der Waals surface area contributed by atoms with Gasteiger partial charge in [-0.15, -0.1) is 0 Å². The number of benzene rings is 9. The second-order valence-corrected chi connectivity index (χ2v) is 10.3. The molecule has 0 fully saturated rings. The Morgan fingerprint density at radius 2 is 0.851 bits per heavy atom. The molecule has 0 aliphatic heterocycles. The molecule has 1 nitrogen and oxygen atoms in total. The van der Waals surface area contributed by atoms with E-state index in [2.05, 4.69) is 0 Å². The molecule has 0 aliphatic rings. The van der Waals surface area contributed by atoms with Crippen molar-refractivity contribution in [2.45, 2.75) is 0 Å². The molecule has 47 heavy (non-hydrogen) atoms. The fourth-order valence-corrected chi connectivity index (χ4v) is 5.84. The lowest BCUT2D eigenvalue weighted by atomic mass is 9.84. The van der Waals surface area contributed by atoms with Crippen LogP contribution in [0.25, 0.3) is 98.4 Å². The summed E-state index contributed by atoms with van der Waals surface area (Å²) in [6.07, 6.45) is 0. The quantitative estimate of drug-likeness (QED) is 0.178. The molecule has 0 N–H and O–H groups in total. The van der Waals surface area contributed by atoms with E-state index in [4.69, 9.17) is 29.1 Å². The summed E-state index contributed by atoms with van der Waals surface area (Å²) >= 11 is 0. The molecule has 218 valence electrons. The predicted molar refractivity (Wildman–Crippen MR) is 200 cm³/mol. The molecule has 10 aromatic rings. The van der Waals surface area contributed by atoms with Crippen molar-refractivity contribution in [2.75, 3.05) is 0 Å². The summed E-state index contributed by atoms with van der Waals surface area (Å²) in [5, 5.41) is -6.11. The summed E-state index contributed by atoms with van der Waals surface area (Å²) in [7, 11) is 0. The molecule has 0 amide bonds. The molecule has 9 aromatic carbocycles. The standard InChI is InChI=1S/C46H28O/c1-3-14-33-29(11-1)13-9-21-36(33)44-39-18-7-5-16-37(39)43(38-17-6-8-19-40(38)44)32-25-23-31(24-26-32)34-20-10-22-42-45(34)41-28-27-30-12-2-4-15-35(30)46(41)47-42/h1-28H/i1D,2D,3D,4D,5D,6D,7D,8D,9D,10D,11D,12D,13D,14D,15D,16D,17D,18D,19D,20D,21D,22D,23D,24D,25D,26D,27D,28D. The highest BCUT2D eigenvalue weighted by Gasteiger charge is 2.19. The fourth-order valence-electron chi connectivity index (χ4n) is 5.84. The molecule has 0 unspecified atom stereocenters. The van der Waals surface area contributed by atoms with Crippen LogP contribution >= 0.6 is 0 Å². The average Bonchev–Trinajstić information content (AvgIpc) is 3.78. The van der Waals surface area contributed by atoms with E-state index in [-0.39, 0.29) is 0 Å². The second-order valence-electron chi connectivity index (χ2n) is 10.3. The van der Waals surface area contributed by atoms with Gasteiger partial charge in [-0.25, -0.2) is 0 Å². The Morgan fingerprint density at radius 3 is 1.55 bits per heavy atom. The third-order valence-corrected chi connectivity index (χ3v) is 7.81. The molecular formula is C46H28O. The first-order valence-corrected chi connectivity index (χ1v) is 13.9. The van der Waals surface area contributed by atoms with Crippen molar-refractivity contribution in [3.63, 3.8) is 0 Å². The average molecular weight is 625 g/mol. The van der Waals surface area contributed by atoms with Crippen molar-refractivity contribution in [3.8, 4) is 33.4 Å². The van der Waals surface area contributed by atoms with Gasteiger partial charge in [-0.2, -0.15) is 0 Å². The van der Waals surface area contributed by atoms with E-state index >= 15 is 0 Å². The lowest BCUT2D eigenvalue weighted by Crippen LogP contribution is -1.91. The second kappa shape index (κ2) is 10.2. The van der Waals surface area contributed by atoms with Crippen LogP contribution in [0.1, 0.15) is 38.4 Å². The molecule has 1 heteroatoms. The van der Waals surface area contributed by atoms with Gasteiger partial charge in [0.05, 0.1) is 38.4 Å². The molecule has 0 radical (unpaired) electrons. The molecule has 1 aromatic heterocycles.